The summed E-state index contributed by atoms with van der Waals surface area (Å²) in [5, 5.41) is 16.9. The zero-order chi connectivity index (χ0) is 31.3. The minimum atomic E-state index is 0.597. The summed E-state index contributed by atoms with van der Waals surface area (Å²) in [6.45, 7) is 0. The van der Waals surface area contributed by atoms with Gasteiger partial charge in [0.25, 0.3) is 0 Å². The fourth-order valence-corrected chi connectivity index (χ4v) is 7.09. The van der Waals surface area contributed by atoms with Gasteiger partial charge in [0.2, 0.25) is 0 Å². The van der Waals surface area contributed by atoms with E-state index in [-0.39, 0.29) is 0 Å². The van der Waals surface area contributed by atoms with Crippen molar-refractivity contribution in [2.45, 2.75) is 0 Å². The number of para-hydroxylation sites is 1. The Kier molecular flexibility index (Phi) is 6.19. The van der Waals surface area contributed by atoms with Gasteiger partial charge >= 0.3 is 0 Å². The van der Waals surface area contributed by atoms with Gasteiger partial charge in [0.1, 0.15) is 5.82 Å². The molecule has 3 heteroatoms. The van der Waals surface area contributed by atoms with Crippen LogP contribution in [0.15, 0.2) is 164 Å². The number of imidazole rings is 1. The van der Waals surface area contributed by atoms with Crippen LogP contribution in [0.25, 0.3) is 82.7 Å². The predicted octanol–water partition coefficient (Wildman–Crippen LogP) is 11.4. The molecule has 3 nitrogen and oxygen atoms in total. The molecule has 0 unspecified atom stereocenters. The molecule has 8 aromatic carbocycles. The number of hydrogen-bond donors (Lipinski definition) is 0. The third-order valence-corrected chi connectivity index (χ3v) is 9.18. The van der Waals surface area contributed by atoms with Crippen LogP contribution in [0.2, 0.25) is 0 Å². The van der Waals surface area contributed by atoms with Gasteiger partial charge in [-0.15, -0.1) is 0 Å². The smallest absolute Gasteiger partial charge is 0.145 e. The molecule has 1 aromatic heterocycles. The molecule has 0 bridgehead atoms. The summed E-state index contributed by atoms with van der Waals surface area (Å²) in [5.74, 6) is 0.838. The number of nitrogens with zero attached hydrogens (tertiary/aromatic N) is 3. The van der Waals surface area contributed by atoms with Crippen LogP contribution in [0.5, 0.6) is 0 Å². The highest BCUT2D eigenvalue weighted by Crippen LogP contribution is 2.44. The van der Waals surface area contributed by atoms with Gasteiger partial charge in [-0.2, -0.15) is 5.26 Å². The second kappa shape index (κ2) is 10.8. The summed E-state index contributed by atoms with van der Waals surface area (Å²) in [7, 11) is 0. The first kappa shape index (κ1) is 26.9. The van der Waals surface area contributed by atoms with Gasteiger partial charge in [0.05, 0.1) is 22.7 Å². The van der Waals surface area contributed by atoms with Crippen molar-refractivity contribution in [3.05, 3.63) is 169 Å². The lowest BCUT2D eigenvalue weighted by atomic mass is 9.85. The monoisotopic (exact) mass is 597 g/mol. The van der Waals surface area contributed by atoms with E-state index in [9.17, 15) is 5.26 Å². The SMILES string of the molecule is N#Cc1ccc2c(c1)nc(-c1cccc(-c3c4ccccc4c(-c4ccc5ccccc5c4)c4ccccc34)c1)n2-c1ccccc1. The van der Waals surface area contributed by atoms with E-state index in [1.165, 1.54) is 49.0 Å². The molecule has 0 atom stereocenters. The standard InChI is InChI=1S/C44H27N3/c45-28-29-21-24-41-40(25-29)46-44(47(41)35-15-2-1-3-16-35)34-14-10-13-32(27-34)42-36-17-6-8-19-38(36)43(39-20-9-7-18-37(39)42)33-23-22-30-11-4-5-12-31(30)26-33/h1-27H. The van der Waals surface area contributed by atoms with Crippen LogP contribution < -0.4 is 0 Å². The zero-order valence-corrected chi connectivity index (χ0v) is 25.4. The Morgan fingerprint density at radius 1 is 0.468 bits per heavy atom. The van der Waals surface area contributed by atoms with Crippen molar-refractivity contribution in [3.8, 4) is 45.4 Å². The lowest BCUT2D eigenvalue weighted by molar-refractivity contribution is 1.10. The van der Waals surface area contributed by atoms with E-state index in [2.05, 4.69) is 138 Å². The first-order chi connectivity index (χ1) is 23.3. The second-order valence-electron chi connectivity index (χ2n) is 11.9. The second-order valence-corrected chi connectivity index (χ2v) is 11.9. The maximum absolute atomic E-state index is 9.60. The Bertz CT molecular complexity index is 2640. The molecule has 0 aliphatic carbocycles. The van der Waals surface area contributed by atoms with Crippen molar-refractivity contribution in [2.75, 3.05) is 0 Å². The third kappa shape index (κ3) is 4.39. The van der Waals surface area contributed by atoms with Crippen molar-refractivity contribution in [3.63, 3.8) is 0 Å². The molecule has 9 rings (SSSR count). The van der Waals surface area contributed by atoms with E-state index >= 15 is 0 Å². The Labute approximate surface area is 272 Å². The highest BCUT2D eigenvalue weighted by atomic mass is 15.1. The lowest BCUT2D eigenvalue weighted by Gasteiger charge is -2.18. The van der Waals surface area contributed by atoms with Crippen molar-refractivity contribution in [1.29, 1.82) is 5.26 Å². The molecule has 0 radical (unpaired) electrons. The summed E-state index contributed by atoms with van der Waals surface area (Å²) in [5.41, 5.74) is 9.19. The molecule has 47 heavy (non-hydrogen) atoms. The molecule has 0 saturated carbocycles. The van der Waals surface area contributed by atoms with Gasteiger partial charge in [-0.3, -0.25) is 4.57 Å². The normalized spacial score (nSPS) is 11.4. The Balaban J connectivity index is 1.30. The van der Waals surface area contributed by atoms with Gasteiger partial charge < -0.3 is 0 Å². The number of fused-ring (bicyclic) bond motifs is 4. The molecular weight excluding hydrogens is 571 g/mol. The minimum absolute atomic E-state index is 0.597. The molecule has 0 spiro atoms. The molecular formula is C44H27N3. The zero-order valence-electron chi connectivity index (χ0n) is 25.4. The van der Waals surface area contributed by atoms with Crippen LogP contribution in [0.4, 0.5) is 0 Å². The van der Waals surface area contributed by atoms with E-state index in [4.69, 9.17) is 4.98 Å². The molecule has 0 amide bonds. The van der Waals surface area contributed by atoms with Crippen LogP contribution in [-0.2, 0) is 0 Å². The van der Waals surface area contributed by atoms with E-state index in [0.29, 0.717) is 5.56 Å². The van der Waals surface area contributed by atoms with Gasteiger partial charge in [-0.1, -0.05) is 121 Å². The van der Waals surface area contributed by atoms with Crippen molar-refractivity contribution < 1.29 is 0 Å². The minimum Gasteiger partial charge on any atom is -0.292 e. The summed E-state index contributed by atoms with van der Waals surface area (Å²) in [4.78, 5) is 5.12. The third-order valence-electron chi connectivity index (χ3n) is 9.18. The highest BCUT2D eigenvalue weighted by molar-refractivity contribution is 6.21. The molecule has 0 N–H and O–H groups in total. The van der Waals surface area contributed by atoms with E-state index < -0.39 is 0 Å². The number of rotatable bonds is 4. The first-order valence-corrected chi connectivity index (χ1v) is 15.8. The Morgan fingerprint density at radius 2 is 1.06 bits per heavy atom. The van der Waals surface area contributed by atoms with Gasteiger partial charge in [0.15, 0.2) is 0 Å². The lowest BCUT2D eigenvalue weighted by Crippen LogP contribution is -1.97. The number of hydrogen-bond acceptors (Lipinski definition) is 2. The molecule has 0 aliphatic rings. The number of nitriles is 1. The topological polar surface area (TPSA) is 41.6 Å². The van der Waals surface area contributed by atoms with Crippen molar-refractivity contribution in [2.24, 2.45) is 0 Å². The number of benzene rings is 8. The van der Waals surface area contributed by atoms with E-state index in [1.807, 2.05) is 36.4 Å². The highest BCUT2D eigenvalue weighted by Gasteiger charge is 2.19. The van der Waals surface area contributed by atoms with Crippen LogP contribution in [0.3, 0.4) is 0 Å². The quantitative estimate of drug-likeness (QED) is 0.189. The Morgan fingerprint density at radius 3 is 1.74 bits per heavy atom. The van der Waals surface area contributed by atoms with E-state index in [0.717, 1.165) is 33.7 Å². The molecule has 218 valence electrons. The van der Waals surface area contributed by atoms with Crippen molar-refractivity contribution >= 4 is 43.4 Å². The van der Waals surface area contributed by atoms with Crippen molar-refractivity contribution in [1.82, 2.24) is 9.55 Å². The maximum Gasteiger partial charge on any atom is 0.145 e. The van der Waals surface area contributed by atoms with E-state index in [1.54, 1.807) is 0 Å². The maximum atomic E-state index is 9.60. The summed E-state index contributed by atoms with van der Waals surface area (Å²) in [6.07, 6.45) is 0. The fourth-order valence-electron chi connectivity index (χ4n) is 7.09. The summed E-state index contributed by atoms with van der Waals surface area (Å²) < 4.78 is 2.19. The number of aromatic nitrogens is 2. The largest absolute Gasteiger partial charge is 0.292 e. The van der Waals surface area contributed by atoms with Crippen LogP contribution in [0.1, 0.15) is 5.56 Å². The molecule has 9 aromatic rings. The molecule has 0 fully saturated rings. The summed E-state index contributed by atoms with van der Waals surface area (Å²) >= 11 is 0. The molecule has 1 heterocycles. The Hall–Kier alpha value is -6.50. The molecule has 0 saturated heterocycles. The van der Waals surface area contributed by atoms with Gasteiger partial charge in [-0.25, -0.2) is 4.98 Å². The van der Waals surface area contributed by atoms with Gasteiger partial charge in [0, 0.05) is 11.3 Å². The average molecular weight is 598 g/mol. The van der Waals surface area contributed by atoms with Crippen LogP contribution in [-0.4, -0.2) is 9.55 Å². The van der Waals surface area contributed by atoms with Crippen LogP contribution >= 0.6 is 0 Å². The van der Waals surface area contributed by atoms with Gasteiger partial charge in [-0.05, 0) is 97.0 Å². The van der Waals surface area contributed by atoms with Crippen LogP contribution in [0, 0.1) is 11.3 Å². The first-order valence-electron chi connectivity index (χ1n) is 15.8. The average Bonchev–Trinajstić information content (AvgIpc) is 3.53. The predicted molar refractivity (Wildman–Crippen MR) is 195 cm³/mol. The summed E-state index contributed by atoms with van der Waals surface area (Å²) in [6, 6.07) is 59.9. The molecule has 0 aliphatic heterocycles. The fraction of sp³-hybridized carbons (Fsp3) is 0.